The first-order valence-electron chi connectivity index (χ1n) is 8.73. The summed E-state index contributed by atoms with van der Waals surface area (Å²) in [6.45, 7) is 9.41. The van der Waals surface area contributed by atoms with Crippen molar-refractivity contribution in [3.8, 4) is 0 Å². The minimum absolute atomic E-state index is 0.741. The predicted octanol–water partition coefficient (Wildman–Crippen LogP) is 3.46. The van der Waals surface area contributed by atoms with Gasteiger partial charge in [0.2, 0.25) is 0 Å². The van der Waals surface area contributed by atoms with Crippen LogP contribution in [0.5, 0.6) is 0 Å². The molecule has 2 aliphatic rings. The number of hydrogen-bond acceptors (Lipinski definition) is 2. The van der Waals surface area contributed by atoms with Gasteiger partial charge >= 0.3 is 0 Å². The third-order valence-electron chi connectivity index (χ3n) is 4.81. The number of nitrogens with zero attached hydrogens (tertiary/aromatic N) is 1. The zero-order valence-electron chi connectivity index (χ0n) is 13.6. The highest BCUT2D eigenvalue weighted by molar-refractivity contribution is 5.22. The lowest BCUT2D eigenvalue weighted by atomic mass is 10.0. The molecule has 0 aromatic heterocycles. The summed E-state index contributed by atoms with van der Waals surface area (Å²) in [5.74, 6) is 1.61. The smallest absolute Gasteiger partial charge is 0.0205 e. The van der Waals surface area contributed by atoms with Gasteiger partial charge in [0, 0.05) is 19.1 Å². The fourth-order valence-electron chi connectivity index (χ4n) is 3.49. The van der Waals surface area contributed by atoms with E-state index < -0.39 is 0 Å². The van der Waals surface area contributed by atoms with Gasteiger partial charge in [-0.05, 0) is 61.7 Å². The summed E-state index contributed by atoms with van der Waals surface area (Å²) >= 11 is 0. The number of benzene rings is 1. The minimum atomic E-state index is 0.741. The molecule has 1 aliphatic heterocycles. The van der Waals surface area contributed by atoms with Gasteiger partial charge in [-0.3, -0.25) is 0 Å². The lowest BCUT2D eigenvalue weighted by Crippen LogP contribution is -2.27. The molecule has 1 unspecified atom stereocenters. The van der Waals surface area contributed by atoms with Crippen molar-refractivity contribution in [2.24, 2.45) is 11.8 Å². The van der Waals surface area contributed by atoms with Crippen molar-refractivity contribution in [3.63, 3.8) is 0 Å². The van der Waals surface area contributed by atoms with E-state index in [1.807, 2.05) is 0 Å². The molecule has 1 aromatic rings. The molecular formula is C19H30N2. The number of nitrogens with one attached hydrogen (secondary N) is 1. The molecule has 1 N–H and O–H groups in total. The van der Waals surface area contributed by atoms with E-state index in [1.54, 1.807) is 0 Å². The van der Waals surface area contributed by atoms with Crippen LogP contribution in [0.15, 0.2) is 24.3 Å². The van der Waals surface area contributed by atoms with E-state index in [9.17, 15) is 0 Å². The van der Waals surface area contributed by atoms with Crippen molar-refractivity contribution < 1.29 is 0 Å². The Labute approximate surface area is 129 Å². The van der Waals surface area contributed by atoms with Crippen LogP contribution in [0.25, 0.3) is 0 Å². The molecule has 2 nitrogen and oxygen atoms in total. The Morgan fingerprint density at radius 2 is 1.81 bits per heavy atom. The van der Waals surface area contributed by atoms with Crippen LogP contribution in [0.3, 0.4) is 0 Å². The maximum Gasteiger partial charge on any atom is 0.0205 e. The lowest BCUT2D eigenvalue weighted by Gasteiger charge is -2.15. The predicted molar refractivity (Wildman–Crippen MR) is 89.4 cm³/mol. The van der Waals surface area contributed by atoms with E-state index in [0.717, 1.165) is 24.4 Å². The van der Waals surface area contributed by atoms with Crippen molar-refractivity contribution in [3.05, 3.63) is 35.4 Å². The second-order valence-electron chi connectivity index (χ2n) is 7.43. The van der Waals surface area contributed by atoms with Crippen molar-refractivity contribution in [1.29, 1.82) is 0 Å². The topological polar surface area (TPSA) is 15.3 Å². The molecule has 0 spiro atoms. The molecule has 3 rings (SSSR count). The van der Waals surface area contributed by atoms with E-state index >= 15 is 0 Å². The van der Waals surface area contributed by atoms with Crippen LogP contribution in [0, 0.1) is 11.8 Å². The second-order valence-corrected chi connectivity index (χ2v) is 7.43. The average Bonchev–Trinajstić information content (AvgIpc) is 3.20. The summed E-state index contributed by atoms with van der Waals surface area (Å²) in [5, 5.41) is 3.66. The number of likely N-dealkylation sites (tertiary alicyclic amines) is 1. The van der Waals surface area contributed by atoms with Gasteiger partial charge in [0.25, 0.3) is 0 Å². The van der Waals surface area contributed by atoms with Crippen LogP contribution < -0.4 is 5.32 Å². The maximum atomic E-state index is 3.66. The molecule has 1 aliphatic carbocycles. The molecule has 1 aromatic carbocycles. The van der Waals surface area contributed by atoms with Crippen LogP contribution in [0.1, 0.15) is 44.2 Å². The molecule has 1 saturated heterocycles. The normalized spacial score (nSPS) is 23.1. The molecule has 116 valence electrons. The first-order valence-corrected chi connectivity index (χ1v) is 8.73. The highest BCUT2D eigenvalue weighted by Crippen LogP contribution is 2.31. The Hall–Kier alpha value is -0.860. The number of hydrogen-bond donors (Lipinski definition) is 1. The minimum Gasteiger partial charge on any atom is -0.312 e. The highest BCUT2D eigenvalue weighted by atomic mass is 15.2. The quantitative estimate of drug-likeness (QED) is 0.826. The maximum absolute atomic E-state index is 3.66. The van der Waals surface area contributed by atoms with Gasteiger partial charge < -0.3 is 10.2 Å². The molecule has 21 heavy (non-hydrogen) atoms. The van der Waals surface area contributed by atoms with Crippen molar-refractivity contribution in [1.82, 2.24) is 10.2 Å². The van der Waals surface area contributed by atoms with Crippen LogP contribution in [0.2, 0.25) is 0 Å². The summed E-state index contributed by atoms with van der Waals surface area (Å²) in [6, 6.07) is 10.1. The highest BCUT2D eigenvalue weighted by Gasteiger charge is 2.33. The Bertz CT molecular complexity index is 433. The van der Waals surface area contributed by atoms with E-state index in [-0.39, 0.29) is 0 Å². The van der Waals surface area contributed by atoms with Crippen LogP contribution >= 0.6 is 0 Å². The van der Waals surface area contributed by atoms with Crippen molar-refractivity contribution in [2.75, 3.05) is 19.6 Å². The summed E-state index contributed by atoms with van der Waals surface area (Å²) in [6.07, 6.45) is 5.47. The fourth-order valence-corrected chi connectivity index (χ4v) is 3.49. The van der Waals surface area contributed by atoms with E-state index in [0.29, 0.717) is 0 Å². The lowest BCUT2D eigenvalue weighted by molar-refractivity contribution is 0.312. The van der Waals surface area contributed by atoms with Gasteiger partial charge in [-0.25, -0.2) is 0 Å². The van der Waals surface area contributed by atoms with Gasteiger partial charge in [-0.2, -0.15) is 0 Å². The Morgan fingerprint density at radius 1 is 1.10 bits per heavy atom. The average molecular weight is 286 g/mol. The summed E-state index contributed by atoms with van der Waals surface area (Å²) < 4.78 is 0. The van der Waals surface area contributed by atoms with E-state index in [4.69, 9.17) is 0 Å². The van der Waals surface area contributed by atoms with Crippen LogP contribution in [-0.2, 0) is 13.0 Å². The summed E-state index contributed by atoms with van der Waals surface area (Å²) in [5.41, 5.74) is 2.88. The van der Waals surface area contributed by atoms with Gasteiger partial charge in [0.05, 0.1) is 0 Å². The Morgan fingerprint density at radius 3 is 2.48 bits per heavy atom. The molecule has 2 fully saturated rings. The zero-order valence-corrected chi connectivity index (χ0v) is 13.6. The van der Waals surface area contributed by atoms with E-state index in [1.165, 1.54) is 56.4 Å². The molecule has 0 amide bonds. The third kappa shape index (κ3) is 4.55. The molecule has 1 saturated carbocycles. The van der Waals surface area contributed by atoms with E-state index in [2.05, 4.69) is 48.3 Å². The third-order valence-corrected chi connectivity index (χ3v) is 4.81. The Kier molecular flexibility index (Phi) is 4.97. The van der Waals surface area contributed by atoms with Gasteiger partial charge in [-0.15, -0.1) is 0 Å². The second kappa shape index (κ2) is 6.93. The molecule has 0 bridgehead atoms. The van der Waals surface area contributed by atoms with Gasteiger partial charge in [0.1, 0.15) is 0 Å². The Balaban J connectivity index is 1.37. The standard InChI is InChI=1S/C19H30N2/c1-15(2)11-16-3-5-17(6-4-16)12-20-13-18-9-10-21(14-18)19-7-8-19/h3-6,15,18-20H,7-14H2,1-2H3. The largest absolute Gasteiger partial charge is 0.312 e. The molecule has 2 heteroatoms. The van der Waals surface area contributed by atoms with Gasteiger partial charge in [-0.1, -0.05) is 38.1 Å². The molecule has 0 radical (unpaired) electrons. The number of rotatable bonds is 7. The monoisotopic (exact) mass is 286 g/mol. The molecule has 1 heterocycles. The van der Waals surface area contributed by atoms with Crippen LogP contribution in [0.4, 0.5) is 0 Å². The molecular weight excluding hydrogens is 256 g/mol. The van der Waals surface area contributed by atoms with Crippen molar-refractivity contribution >= 4 is 0 Å². The van der Waals surface area contributed by atoms with Crippen LogP contribution in [-0.4, -0.2) is 30.6 Å². The first kappa shape index (κ1) is 15.1. The SMILES string of the molecule is CC(C)Cc1ccc(CNCC2CCN(C3CC3)C2)cc1. The van der Waals surface area contributed by atoms with Crippen molar-refractivity contribution in [2.45, 2.75) is 52.1 Å². The fraction of sp³-hybridized carbons (Fsp3) is 0.684. The summed E-state index contributed by atoms with van der Waals surface area (Å²) in [7, 11) is 0. The molecule has 1 atom stereocenters. The summed E-state index contributed by atoms with van der Waals surface area (Å²) in [4.78, 5) is 2.70. The zero-order chi connectivity index (χ0) is 14.7. The first-order chi connectivity index (χ1) is 10.2. The van der Waals surface area contributed by atoms with Gasteiger partial charge in [0.15, 0.2) is 0 Å².